The minimum atomic E-state index is -1.15. The van der Waals surface area contributed by atoms with E-state index in [2.05, 4.69) is 58.7 Å². The van der Waals surface area contributed by atoms with Crippen molar-refractivity contribution in [3.63, 3.8) is 0 Å². The number of carboxylic acids is 1. The van der Waals surface area contributed by atoms with Gasteiger partial charge in [-0.25, -0.2) is 14.8 Å². The number of carboxylic acid groups (broad SMARTS) is 1. The highest BCUT2D eigenvalue weighted by Crippen LogP contribution is 2.71. The second-order valence-electron chi connectivity index (χ2n) is 19.6. The van der Waals surface area contributed by atoms with Crippen molar-refractivity contribution >= 4 is 61.4 Å². The van der Waals surface area contributed by atoms with Crippen molar-refractivity contribution in [2.75, 3.05) is 50.6 Å². The number of anilines is 4. The Morgan fingerprint density at radius 3 is 2.43 bits per heavy atom. The maximum absolute atomic E-state index is 13.1. The zero-order chi connectivity index (χ0) is 44.6. The van der Waals surface area contributed by atoms with Gasteiger partial charge in [0, 0.05) is 55.4 Å². The van der Waals surface area contributed by atoms with Gasteiger partial charge in [0.1, 0.15) is 5.82 Å². The van der Waals surface area contributed by atoms with Crippen LogP contribution >= 0.6 is 11.3 Å². The highest BCUT2D eigenvalue weighted by molar-refractivity contribution is 7.22. The van der Waals surface area contributed by atoms with E-state index in [9.17, 15) is 9.90 Å². The number of aromatic nitrogens is 7. The fourth-order valence-corrected chi connectivity index (χ4v) is 12.5. The summed E-state index contributed by atoms with van der Waals surface area (Å²) in [5, 5.41) is 32.3. The molecule has 0 radical (unpaired) electrons. The molecule has 5 aromatic rings. The first kappa shape index (κ1) is 44.3. The molecule has 9 rings (SSSR count). The molecule has 0 saturated heterocycles. The Kier molecular flexibility index (Phi) is 12.4. The number of carbonyl (C=O) groups is 1. The lowest BCUT2D eigenvalue weighted by atomic mass is 9.39. The molecule has 1 aromatic carbocycles. The largest absolute Gasteiger partial charge is 0.476 e. The number of thiazole rings is 1. The number of hydrogen-bond acceptors (Lipinski definition) is 14. The monoisotopic (exact) mass is 874 g/mol. The molecule has 4 heterocycles. The third-order valence-electron chi connectivity index (χ3n) is 13.1. The first-order valence-electron chi connectivity index (χ1n) is 22.2. The molecule has 0 aliphatic heterocycles. The molecule has 63 heavy (non-hydrogen) atoms. The number of unbranched alkanes of at least 4 members (excludes halogenated alkanes) is 2. The number of fused-ring (bicyclic) bond motifs is 1. The van der Waals surface area contributed by atoms with Gasteiger partial charge < -0.3 is 30.7 Å². The summed E-state index contributed by atoms with van der Waals surface area (Å²) < 4.78 is 9.77. The second kappa shape index (κ2) is 17.7. The Balaban J connectivity index is 1.04. The van der Waals surface area contributed by atoms with Crippen molar-refractivity contribution in [2.24, 2.45) is 27.0 Å². The van der Waals surface area contributed by atoms with Gasteiger partial charge in [-0.3, -0.25) is 9.67 Å². The molecule has 2 unspecified atom stereocenters. The summed E-state index contributed by atoms with van der Waals surface area (Å²) in [4.78, 5) is 32.0. The molecular weight excluding hydrogens is 813 g/mol. The number of aliphatic imine (C=N–C) groups is 1. The maximum Gasteiger partial charge on any atom is 0.355 e. The van der Waals surface area contributed by atoms with Crippen LogP contribution in [-0.4, -0.2) is 103 Å². The predicted octanol–water partition coefficient (Wildman–Crippen LogP) is 8.60. The second-order valence-corrected chi connectivity index (χ2v) is 20.6. The van der Waals surface area contributed by atoms with Gasteiger partial charge in [0.15, 0.2) is 22.5 Å². The Morgan fingerprint density at radius 1 is 0.968 bits per heavy atom. The number of ether oxygens (including phenoxy) is 1. The van der Waals surface area contributed by atoms with Crippen molar-refractivity contribution in [1.29, 1.82) is 0 Å². The van der Waals surface area contributed by atoms with Crippen molar-refractivity contribution < 1.29 is 14.6 Å². The summed E-state index contributed by atoms with van der Waals surface area (Å²) in [7, 11) is 4.18. The molecule has 15 nitrogen and oxygen atoms in total. The fraction of sp³-hybridized carbons (Fsp3) is 0.532. The van der Waals surface area contributed by atoms with E-state index in [1.807, 2.05) is 72.9 Å². The number of likely N-dealkylation sites (N-methyl/N-ethyl adjacent to an activating group) is 1. The molecule has 2 atom stereocenters. The van der Waals surface area contributed by atoms with Crippen molar-refractivity contribution in [3.05, 3.63) is 77.4 Å². The molecular formula is C47H62N12O3S. The number of aromatic carboxylic acids is 1. The molecule has 4 N–H and O–H groups in total. The number of aryl methyl sites for hydroxylation is 3. The minimum absolute atomic E-state index is 0.00240. The Labute approximate surface area is 374 Å². The van der Waals surface area contributed by atoms with Gasteiger partial charge in [0.2, 0.25) is 0 Å². The number of nitrogens with zero attached hydrogens (tertiary/aromatic N) is 10. The van der Waals surface area contributed by atoms with Crippen LogP contribution in [0.5, 0.6) is 0 Å². The minimum Gasteiger partial charge on any atom is -0.476 e. The summed E-state index contributed by atoms with van der Waals surface area (Å²) in [5.74, 6) is 0.439. The lowest BCUT2D eigenvalue weighted by Gasteiger charge is -2.69. The van der Waals surface area contributed by atoms with E-state index in [-0.39, 0.29) is 27.5 Å². The lowest BCUT2D eigenvalue weighted by Crippen LogP contribution is -2.64. The number of para-hydroxylation sites is 1. The van der Waals surface area contributed by atoms with E-state index in [1.54, 1.807) is 17.4 Å². The van der Waals surface area contributed by atoms with Crippen LogP contribution in [0.4, 0.5) is 22.6 Å². The van der Waals surface area contributed by atoms with Crippen LogP contribution in [0.15, 0.2) is 59.9 Å². The number of benzene rings is 1. The summed E-state index contributed by atoms with van der Waals surface area (Å²) in [5.41, 5.74) is 10.8. The molecule has 0 spiro atoms. The van der Waals surface area contributed by atoms with Crippen LogP contribution < -0.4 is 16.0 Å². The van der Waals surface area contributed by atoms with Crippen LogP contribution in [0.3, 0.4) is 0 Å². The molecule has 4 aromatic heterocycles. The van der Waals surface area contributed by atoms with Crippen LogP contribution in [0, 0.1) is 30.1 Å². The van der Waals surface area contributed by atoms with Crippen LogP contribution in [0.1, 0.15) is 106 Å². The molecule has 334 valence electrons. The number of pyridine rings is 1. The number of hydrogen-bond donors (Lipinski definition) is 3. The normalized spacial score (nSPS) is 24.4. The molecule has 4 saturated carbocycles. The Morgan fingerprint density at radius 2 is 1.75 bits per heavy atom. The number of rotatable bonds is 19. The first-order valence-corrected chi connectivity index (χ1v) is 23.0. The average Bonchev–Trinajstić information content (AvgIpc) is 3.83. The number of nitrogens with two attached hydrogens (primary N) is 1. The third-order valence-corrected chi connectivity index (χ3v) is 14.1. The van der Waals surface area contributed by atoms with Crippen LogP contribution in [-0.2, 0) is 11.3 Å². The Hall–Kier alpha value is -5.32. The quantitative estimate of drug-likeness (QED) is 0.0530. The topological polar surface area (TPSA) is 186 Å². The van der Waals surface area contributed by atoms with E-state index < -0.39 is 5.97 Å². The van der Waals surface area contributed by atoms with E-state index in [1.165, 1.54) is 12.6 Å². The van der Waals surface area contributed by atoms with E-state index in [4.69, 9.17) is 25.4 Å². The smallest absolute Gasteiger partial charge is 0.355 e. The fourth-order valence-electron chi connectivity index (χ4n) is 11.7. The molecule has 16 heteroatoms. The van der Waals surface area contributed by atoms with Gasteiger partial charge in [0.25, 0.3) is 0 Å². The van der Waals surface area contributed by atoms with Gasteiger partial charge in [-0.05, 0) is 145 Å². The van der Waals surface area contributed by atoms with Crippen LogP contribution in [0.2, 0.25) is 0 Å². The zero-order valence-electron chi connectivity index (χ0n) is 37.8. The van der Waals surface area contributed by atoms with Gasteiger partial charge in [0.05, 0.1) is 28.1 Å². The SMILES string of the molecule is CC(=NCC12CC3(C)CC(C)(C1)CC(OCCN(C)C)(C3)C2)/C(=C\N)c1ccc(N(CCCCCn2cc(C)nn2)c2cc(C)c(Nc3nc4ccccc4s3)nn2)nc1C(=O)O. The summed E-state index contributed by atoms with van der Waals surface area (Å²) >= 11 is 1.55. The van der Waals surface area contributed by atoms with E-state index in [0.29, 0.717) is 47.4 Å². The van der Waals surface area contributed by atoms with Crippen molar-refractivity contribution in [2.45, 2.75) is 105 Å². The van der Waals surface area contributed by atoms with Gasteiger partial charge in [-0.2, -0.15) is 0 Å². The number of nitrogens with one attached hydrogen (secondary N) is 1. The van der Waals surface area contributed by atoms with Crippen molar-refractivity contribution in [3.8, 4) is 0 Å². The highest BCUT2D eigenvalue weighted by Gasteiger charge is 2.66. The van der Waals surface area contributed by atoms with Gasteiger partial charge >= 0.3 is 5.97 Å². The highest BCUT2D eigenvalue weighted by atomic mass is 32.1. The van der Waals surface area contributed by atoms with Crippen LogP contribution in [0.25, 0.3) is 15.8 Å². The van der Waals surface area contributed by atoms with Gasteiger partial charge in [-0.1, -0.05) is 42.5 Å². The molecule has 4 bridgehead atoms. The third kappa shape index (κ3) is 9.77. The molecule has 4 aliphatic rings. The summed E-state index contributed by atoms with van der Waals surface area (Å²) in [6, 6.07) is 13.6. The zero-order valence-corrected chi connectivity index (χ0v) is 38.6. The molecule has 4 aliphatic carbocycles. The Bertz CT molecular complexity index is 2480. The average molecular weight is 875 g/mol. The maximum atomic E-state index is 13.1. The van der Waals surface area contributed by atoms with E-state index >= 15 is 0 Å². The first-order chi connectivity index (χ1) is 30.1. The lowest BCUT2D eigenvalue weighted by molar-refractivity contribution is -0.242. The van der Waals surface area contributed by atoms with E-state index in [0.717, 1.165) is 97.7 Å². The predicted molar refractivity (Wildman–Crippen MR) is 250 cm³/mol. The molecule has 0 amide bonds. The van der Waals surface area contributed by atoms with Gasteiger partial charge in [-0.15, -0.1) is 15.3 Å². The summed E-state index contributed by atoms with van der Waals surface area (Å²) in [6.07, 6.45) is 12.6. The standard InChI is InChI=1S/C47H62N12O3S/c1-31-21-39(54-55-41(31)52-43-50-36-13-9-10-14-37(36)63-43)59(18-12-8-11-17-58-23-32(2)53-56-58)38-16-15-34(40(51-38)42(60)61)35(22-48)33(3)49-30-46-25-44(4)24-45(5,26-46)28-47(27-44,29-46)62-20-19-57(6)7/h9-10,13-16,21-23H,8,11-12,17-20,24-30,48H2,1-7H3,(H,60,61)(H,50,52,55)/b35-22+,49-33?. The number of allylic oxidation sites excluding steroid dienone is 1. The molecule has 4 fully saturated rings. The summed E-state index contributed by atoms with van der Waals surface area (Å²) in [6.45, 7) is 14.3. The van der Waals surface area contributed by atoms with Crippen molar-refractivity contribution in [1.82, 2.24) is 40.1 Å².